The highest BCUT2D eigenvalue weighted by molar-refractivity contribution is 5.64. The van der Waals surface area contributed by atoms with E-state index in [0.29, 0.717) is 17.1 Å². The smallest absolute Gasteiger partial charge is 0.276 e. The number of aromatic amines is 1. The van der Waals surface area contributed by atoms with E-state index in [1.165, 1.54) is 0 Å². The second-order valence-electron chi connectivity index (χ2n) is 3.45. The lowest BCUT2D eigenvalue weighted by atomic mass is 10.2. The number of nitrogen functional groups attached to an aromatic ring is 2. The molecule has 0 unspecified atom stereocenters. The maximum atomic E-state index is 11.5. The zero-order valence-electron chi connectivity index (χ0n) is 9.23. The highest BCUT2D eigenvalue weighted by Crippen LogP contribution is 2.21. The highest BCUT2D eigenvalue weighted by Gasteiger charge is 2.07. The van der Waals surface area contributed by atoms with Crippen LogP contribution in [0.3, 0.4) is 0 Å². The van der Waals surface area contributed by atoms with Crippen LogP contribution < -0.4 is 21.8 Å². The van der Waals surface area contributed by atoms with Gasteiger partial charge >= 0.3 is 0 Å². The number of methoxy groups -OCH3 is 1. The van der Waals surface area contributed by atoms with Crippen molar-refractivity contribution in [3.05, 3.63) is 34.6 Å². The molecule has 6 heteroatoms. The van der Waals surface area contributed by atoms with Gasteiger partial charge < -0.3 is 21.2 Å². The quantitative estimate of drug-likeness (QED) is 0.703. The summed E-state index contributed by atoms with van der Waals surface area (Å²) >= 11 is 0. The molecule has 0 fully saturated rings. The van der Waals surface area contributed by atoms with Gasteiger partial charge in [0, 0.05) is 5.56 Å². The van der Waals surface area contributed by atoms with E-state index in [-0.39, 0.29) is 11.5 Å². The number of nitrogens with two attached hydrogens (primary N) is 2. The van der Waals surface area contributed by atoms with Gasteiger partial charge in [-0.05, 0) is 12.1 Å². The van der Waals surface area contributed by atoms with E-state index in [2.05, 4.69) is 9.97 Å². The maximum absolute atomic E-state index is 11.5. The number of anilines is 2. The van der Waals surface area contributed by atoms with Gasteiger partial charge in [0.2, 0.25) is 0 Å². The zero-order valence-corrected chi connectivity index (χ0v) is 9.23. The van der Waals surface area contributed by atoms with Crippen LogP contribution in [0.2, 0.25) is 0 Å². The van der Waals surface area contributed by atoms with Crippen LogP contribution in [0.4, 0.5) is 11.5 Å². The van der Waals surface area contributed by atoms with Crippen molar-refractivity contribution in [1.82, 2.24) is 9.97 Å². The molecule has 0 atom stereocenters. The van der Waals surface area contributed by atoms with E-state index in [1.807, 2.05) is 0 Å². The fraction of sp³-hybridized carbons (Fsp3) is 0.0909. The molecule has 2 rings (SSSR count). The van der Waals surface area contributed by atoms with E-state index in [4.69, 9.17) is 16.2 Å². The number of ether oxygens (including phenoxy) is 1. The molecule has 1 aromatic carbocycles. The van der Waals surface area contributed by atoms with Gasteiger partial charge in [0.25, 0.3) is 5.56 Å². The van der Waals surface area contributed by atoms with Crippen molar-refractivity contribution in [3.63, 3.8) is 0 Å². The predicted octanol–water partition coefficient (Wildman–Crippen LogP) is 0.610. The number of nitrogens with zero attached hydrogens (tertiary/aromatic N) is 1. The van der Waals surface area contributed by atoms with Crippen LogP contribution in [0, 0.1) is 0 Å². The van der Waals surface area contributed by atoms with Gasteiger partial charge in [-0.3, -0.25) is 4.79 Å². The first kappa shape index (κ1) is 11.0. The summed E-state index contributed by atoms with van der Waals surface area (Å²) in [5.41, 5.74) is 11.2. The number of rotatable bonds is 2. The Morgan fingerprint density at radius 3 is 2.76 bits per heavy atom. The molecule has 0 radical (unpaired) electrons. The predicted molar refractivity (Wildman–Crippen MR) is 65.7 cm³/mol. The van der Waals surface area contributed by atoms with Crippen molar-refractivity contribution in [2.45, 2.75) is 0 Å². The fourth-order valence-electron chi connectivity index (χ4n) is 1.41. The Morgan fingerprint density at radius 1 is 1.35 bits per heavy atom. The van der Waals surface area contributed by atoms with Crippen molar-refractivity contribution in [3.8, 4) is 17.1 Å². The number of nitrogens with one attached hydrogen (secondary N) is 1. The summed E-state index contributed by atoms with van der Waals surface area (Å²) in [5, 5.41) is 0. The summed E-state index contributed by atoms with van der Waals surface area (Å²) in [6.45, 7) is 0. The van der Waals surface area contributed by atoms with Crippen LogP contribution in [-0.2, 0) is 0 Å². The molecule has 0 bridgehead atoms. The van der Waals surface area contributed by atoms with Gasteiger partial charge in [-0.1, -0.05) is 12.1 Å². The minimum absolute atomic E-state index is 0.0200. The molecule has 88 valence electrons. The van der Waals surface area contributed by atoms with Crippen LogP contribution >= 0.6 is 0 Å². The molecule has 0 saturated carbocycles. The highest BCUT2D eigenvalue weighted by atomic mass is 16.5. The maximum Gasteiger partial charge on any atom is 0.276 e. The molecular weight excluding hydrogens is 220 g/mol. The molecule has 1 heterocycles. The van der Waals surface area contributed by atoms with Crippen LogP contribution in [0.1, 0.15) is 0 Å². The van der Waals surface area contributed by atoms with E-state index in [1.54, 1.807) is 31.4 Å². The summed E-state index contributed by atoms with van der Waals surface area (Å²) in [6, 6.07) is 7.12. The second-order valence-corrected chi connectivity index (χ2v) is 3.45. The molecule has 6 nitrogen and oxygen atoms in total. The molecule has 2 aromatic rings. The molecular formula is C11H12N4O2. The number of hydrogen-bond donors (Lipinski definition) is 3. The van der Waals surface area contributed by atoms with Crippen molar-refractivity contribution in [1.29, 1.82) is 0 Å². The number of benzene rings is 1. The zero-order chi connectivity index (χ0) is 12.4. The van der Waals surface area contributed by atoms with Gasteiger partial charge in [-0.2, -0.15) is 0 Å². The Labute approximate surface area is 97.2 Å². The average Bonchev–Trinajstić information content (AvgIpc) is 2.35. The minimum atomic E-state index is -0.449. The Balaban J connectivity index is 2.56. The molecule has 0 aliphatic heterocycles. The van der Waals surface area contributed by atoms with E-state index in [9.17, 15) is 4.79 Å². The molecule has 0 saturated heterocycles. The Kier molecular flexibility index (Phi) is 2.70. The normalized spacial score (nSPS) is 10.2. The third kappa shape index (κ3) is 2.05. The third-order valence-corrected chi connectivity index (χ3v) is 2.33. The molecule has 0 amide bonds. The lowest BCUT2D eigenvalue weighted by Crippen LogP contribution is -2.16. The van der Waals surface area contributed by atoms with Crippen LogP contribution in [0.5, 0.6) is 5.75 Å². The molecule has 0 aliphatic rings. The van der Waals surface area contributed by atoms with Gasteiger partial charge in [0.15, 0.2) is 5.82 Å². The summed E-state index contributed by atoms with van der Waals surface area (Å²) in [7, 11) is 1.56. The lowest BCUT2D eigenvalue weighted by molar-refractivity contribution is 0.415. The SMILES string of the molecule is COc1cccc(-c2nc(N)c(N)c(=O)[nH]2)c1. The topological polar surface area (TPSA) is 107 Å². The minimum Gasteiger partial charge on any atom is -0.497 e. The standard InChI is InChI=1S/C11H12N4O2/c1-17-7-4-2-3-6(5-7)10-14-9(13)8(12)11(16)15-10/h2-5H,12H2,1H3,(H3,13,14,15,16). The Bertz CT molecular complexity index is 607. The van der Waals surface area contributed by atoms with Gasteiger partial charge in [0.05, 0.1) is 7.11 Å². The Morgan fingerprint density at radius 2 is 2.12 bits per heavy atom. The van der Waals surface area contributed by atoms with Gasteiger partial charge in [0.1, 0.15) is 17.3 Å². The fourth-order valence-corrected chi connectivity index (χ4v) is 1.41. The number of hydrogen-bond acceptors (Lipinski definition) is 5. The van der Waals surface area contributed by atoms with Gasteiger partial charge in [-0.15, -0.1) is 0 Å². The summed E-state index contributed by atoms with van der Waals surface area (Å²) < 4.78 is 5.08. The number of H-pyrrole nitrogens is 1. The molecule has 0 aliphatic carbocycles. The van der Waals surface area contributed by atoms with Crippen molar-refractivity contribution in [2.75, 3.05) is 18.6 Å². The van der Waals surface area contributed by atoms with Crippen LogP contribution in [0.15, 0.2) is 29.1 Å². The first-order valence-electron chi connectivity index (χ1n) is 4.91. The third-order valence-electron chi connectivity index (χ3n) is 2.33. The lowest BCUT2D eigenvalue weighted by Gasteiger charge is -2.05. The first-order valence-corrected chi connectivity index (χ1v) is 4.91. The Hall–Kier alpha value is -2.50. The number of aromatic nitrogens is 2. The summed E-state index contributed by atoms with van der Waals surface area (Å²) in [4.78, 5) is 18.0. The largest absolute Gasteiger partial charge is 0.497 e. The van der Waals surface area contributed by atoms with E-state index in [0.717, 1.165) is 0 Å². The van der Waals surface area contributed by atoms with Crippen molar-refractivity contribution in [2.24, 2.45) is 0 Å². The molecule has 1 aromatic heterocycles. The summed E-state index contributed by atoms with van der Waals surface area (Å²) in [6.07, 6.45) is 0. The van der Waals surface area contributed by atoms with Crippen LogP contribution in [0.25, 0.3) is 11.4 Å². The van der Waals surface area contributed by atoms with Crippen molar-refractivity contribution >= 4 is 11.5 Å². The van der Waals surface area contributed by atoms with E-state index < -0.39 is 5.56 Å². The van der Waals surface area contributed by atoms with Crippen LogP contribution in [-0.4, -0.2) is 17.1 Å². The van der Waals surface area contributed by atoms with E-state index >= 15 is 0 Å². The van der Waals surface area contributed by atoms with Gasteiger partial charge in [-0.25, -0.2) is 4.98 Å². The summed E-state index contributed by atoms with van der Waals surface area (Å²) in [5.74, 6) is 1.05. The second kappa shape index (κ2) is 4.17. The first-order chi connectivity index (χ1) is 8.11. The van der Waals surface area contributed by atoms with Crippen molar-refractivity contribution < 1.29 is 4.74 Å². The molecule has 5 N–H and O–H groups in total. The average molecular weight is 232 g/mol. The monoisotopic (exact) mass is 232 g/mol. The molecule has 17 heavy (non-hydrogen) atoms. The molecule has 0 spiro atoms.